The lowest BCUT2D eigenvalue weighted by molar-refractivity contribution is -0.133. The summed E-state index contributed by atoms with van der Waals surface area (Å²) in [6.07, 6.45) is 1.21. The van der Waals surface area contributed by atoms with Crippen LogP contribution in [0.1, 0.15) is 26.2 Å². The Morgan fingerprint density at radius 3 is 2.80 bits per heavy atom. The molecule has 1 fully saturated rings. The fraction of sp³-hybridized carbons (Fsp3) is 0.357. The molecule has 20 heavy (non-hydrogen) atoms. The molecule has 3 N–H and O–H groups in total. The Labute approximate surface area is 116 Å². The van der Waals surface area contributed by atoms with Gasteiger partial charge in [-0.3, -0.25) is 19.7 Å². The summed E-state index contributed by atoms with van der Waals surface area (Å²) < 4.78 is 0. The van der Waals surface area contributed by atoms with Gasteiger partial charge in [-0.1, -0.05) is 13.0 Å². The zero-order valence-corrected chi connectivity index (χ0v) is 11.2. The van der Waals surface area contributed by atoms with Gasteiger partial charge in [-0.2, -0.15) is 0 Å². The van der Waals surface area contributed by atoms with Gasteiger partial charge in [-0.15, -0.1) is 0 Å². The van der Waals surface area contributed by atoms with Crippen molar-refractivity contribution in [1.29, 1.82) is 0 Å². The zero-order chi connectivity index (χ0) is 14.5. The van der Waals surface area contributed by atoms with E-state index in [4.69, 9.17) is 0 Å². The molecule has 0 bridgehead atoms. The first kappa shape index (κ1) is 14.0. The average molecular weight is 275 g/mol. The quantitative estimate of drug-likeness (QED) is 0.722. The van der Waals surface area contributed by atoms with Crippen LogP contribution in [0.25, 0.3) is 0 Å². The summed E-state index contributed by atoms with van der Waals surface area (Å²) in [6, 6.07) is 6.72. The van der Waals surface area contributed by atoms with E-state index in [1.807, 2.05) is 6.07 Å². The van der Waals surface area contributed by atoms with Crippen LogP contribution in [0.15, 0.2) is 24.3 Å². The first-order chi connectivity index (χ1) is 9.58. The molecule has 1 heterocycles. The molecule has 0 aliphatic carbocycles. The van der Waals surface area contributed by atoms with Crippen molar-refractivity contribution in [3.63, 3.8) is 0 Å². The molecule has 1 aliphatic rings. The zero-order valence-electron chi connectivity index (χ0n) is 11.2. The molecule has 1 aromatic carbocycles. The van der Waals surface area contributed by atoms with Gasteiger partial charge in [0, 0.05) is 24.2 Å². The number of benzene rings is 1. The van der Waals surface area contributed by atoms with Crippen molar-refractivity contribution >= 4 is 29.1 Å². The minimum Gasteiger partial charge on any atom is -0.374 e. The van der Waals surface area contributed by atoms with Crippen LogP contribution in [0.4, 0.5) is 11.4 Å². The van der Waals surface area contributed by atoms with E-state index in [0.717, 1.165) is 5.69 Å². The van der Waals surface area contributed by atoms with Gasteiger partial charge in [-0.25, -0.2) is 0 Å². The first-order valence-electron chi connectivity index (χ1n) is 6.58. The SMILES string of the molecule is CCC(=O)Nc1cccc(N[C@H]2CCC(=O)NC2=O)c1. The lowest BCUT2D eigenvalue weighted by atomic mass is 10.1. The van der Waals surface area contributed by atoms with Crippen molar-refractivity contribution in [2.75, 3.05) is 10.6 Å². The van der Waals surface area contributed by atoms with Gasteiger partial charge >= 0.3 is 0 Å². The Balaban J connectivity index is 2.02. The molecular formula is C14H17N3O3. The van der Waals surface area contributed by atoms with Crippen molar-refractivity contribution in [1.82, 2.24) is 5.32 Å². The second-order valence-corrected chi connectivity index (χ2v) is 4.63. The number of amides is 3. The summed E-state index contributed by atoms with van der Waals surface area (Å²) in [7, 11) is 0. The third-order valence-corrected chi connectivity index (χ3v) is 3.05. The van der Waals surface area contributed by atoms with E-state index in [2.05, 4.69) is 16.0 Å². The van der Waals surface area contributed by atoms with E-state index in [-0.39, 0.29) is 17.7 Å². The maximum atomic E-state index is 11.7. The first-order valence-corrected chi connectivity index (χ1v) is 6.58. The lowest BCUT2D eigenvalue weighted by Crippen LogP contribution is -2.47. The van der Waals surface area contributed by atoms with E-state index in [1.54, 1.807) is 25.1 Å². The van der Waals surface area contributed by atoms with E-state index in [1.165, 1.54) is 0 Å². The number of carbonyl (C=O) groups is 3. The van der Waals surface area contributed by atoms with Gasteiger partial charge in [0.15, 0.2) is 0 Å². The molecule has 1 aromatic rings. The van der Waals surface area contributed by atoms with Crippen LogP contribution in [0.5, 0.6) is 0 Å². The summed E-state index contributed by atoms with van der Waals surface area (Å²) in [5.41, 5.74) is 1.41. The van der Waals surface area contributed by atoms with Gasteiger partial charge in [0.05, 0.1) is 0 Å². The number of hydrogen-bond acceptors (Lipinski definition) is 4. The largest absolute Gasteiger partial charge is 0.374 e. The Morgan fingerprint density at radius 1 is 1.35 bits per heavy atom. The smallest absolute Gasteiger partial charge is 0.249 e. The van der Waals surface area contributed by atoms with Gasteiger partial charge < -0.3 is 10.6 Å². The van der Waals surface area contributed by atoms with Crippen molar-refractivity contribution in [3.8, 4) is 0 Å². The second-order valence-electron chi connectivity index (χ2n) is 4.63. The molecule has 1 atom stereocenters. The fourth-order valence-electron chi connectivity index (χ4n) is 1.97. The fourth-order valence-corrected chi connectivity index (χ4v) is 1.97. The number of imide groups is 1. The lowest BCUT2D eigenvalue weighted by Gasteiger charge is -2.23. The van der Waals surface area contributed by atoms with Gasteiger partial charge in [0.25, 0.3) is 0 Å². The number of rotatable bonds is 4. The number of nitrogens with one attached hydrogen (secondary N) is 3. The maximum absolute atomic E-state index is 11.7. The van der Waals surface area contributed by atoms with Crippen LogP contribution in [-0.4, -0.2) is 23.8 Å². The molecule has 2 rings (SSSR count). The highest BCUT2D eigenvalue weighted by Gasteiger charge is 2.26. The highest BCUT2D eigenvalue weighted by molar-refractivity contribution is 6.01. The third kappa shape index (κ3) is 3.57. The van der Waals surface area contributed by atoms with Crippen LogP contribution in [0, 0.1) is 0 Å². The Bertz CT molecular complexity index is 542. The van der Waals surface area contributed by atoms with Crippen LogP contribution >= 0.6 is 0 Å². The van der Waals surface area contributed by atoms with Crippen molar-refractivity contribution in [2.24, 2.45) is 0 Å². The highest BCUT2D eigenvalue weighted by Crippen LogP contribution is 2.18. The van der Waals surface area contributed by atoms with E-state index < -0.39 is 6.04 Å². The minimum atomic E-state index is -0.426. The average Bonchev–Trinajstić information content (AvgIpc) is 2.42. The van der Waals surface area contributed by atoms with Crippen molar-refractivity contribution in [3.05, 3.63) is 24.3 Å². The molecule has 3 amide bonds. The standard InChI is InChI=1S/C14H17N3O3/c1-2-12(18)16-10-5-3-4-9(8-10)15-11-6-7-13(19)17-14(11)20/h3-5,8,11,15H,2,6-7H2,1H3,(H,16,18)(H,17,19,20)/t11-/m0/s1. The third-order valence-electron chi connectivity index (χ3n) is 3.05. The van der Waals surface area contributed by atoms with Crippen LogP contribution in [0.2, 0.25) is 0 Å². The molecule has 0 spiro atoms. The summed E-state index contributed by atoms with van der Waals surface area (Å²) in [5, 5.41) is 8.12. The van der Waals surface area contributed by atoms with E-state index in [0.29, 0.717) is 24.9 Å². The molecule has 1 aliphatic heterocycles. The van der Waals surface area contributed by atoms with Crippen LogP contribution in [-0.2, 0) is 14.4 Å². The highest BCUT2D eigenvalue weighted by atomic mass is 16.2. The minimum absolute atomic E-state index is 0.0665. The number of hydrogen-bond donors (Lipinski definition) is 3. The predicted molar refractivity (Wildman–Crippen MR) is 75.2 cm³/mol. The summed E-state index contributed by atoms with van der Waals surface area (Å²) in [4.78, 5) is 34.1. The normalized spacial score (nSPS) is 18.4. The molecular weight excluding hydrogens is 258 g/mol. The molecule has 6 heteroatoms. The number of anilines is 2. The summed E-state index contributed by atoms with van der Waals surface area (Å²) in [6.45, 7) is 1.78. The van der Waals surface area contributed by atoms with E-state index >= 15 is 0 Å². The van der Waals surface area contributed by atoms with Gasteiger partial charge in [0.1, 0.15) is 6.04 Å². The van der Waals surface area contributed by atoms with Gasteiger partial charge in [0.2, 0.25) is 17.7 Å². The van der Waals surface area contributed by atoms with Crippen molar-refractivity contribution in [2.45, 2.75) is 32.2 Å². The molecule has 6 nitrogen and oxygen atoms in total. The van der Waals surface area contributed by atoms with Crippen LogP contribution in [0.3, 0.4) is 0 Å². The molecule has 0 unspecified atom stereocenters. The Hall–Kier alpha value is -2.37. The second kappa shape index (κ2) is 6.18. The molecule has 106 valence electrons. The van der Waals surface area contributed by atoms with Crippen LogP contribution < -0.4 is 16.0 Å². The Kier molecular flexibility index (Phi) is 4.34. The number of carbonyl (C=O) groups excluding carboxylic acids is 3. The monoisotopic (exact) mass is 275 g/mol. The predicted octanol–water partition coefficient (Wildman–Crippen LogP) is 1.25. The van der Waals surface area contributed by atoms with E-state index in [9.17, 15) is 14.4 Å². The van der Waals surface area contributed by atoms with Gasteiger partial charge in [-0.05, 0) is 24.6 Å². The summed E-state index contributed by atoms with van der Waals surface area (Å²) in [5.74, 6) is -0.621. The maximum Gasteiger partial charge on any atom is 0.249 e. The molecule has 0 radical (unpaired) electrons. The Morgan fingerprint density at radius 2 is 2.10 bits per heavy atom. The molecule has 0 saturated carbocycles. The number of piperidine rings is 1. The summed E-state index contributed by atoms with van der Waals surface area (Å²) >= 11 is 0. The van der Waals surface area contributed by atoms with Crippen molar-refractivity contribution < 1.29 is 14.4 Å². The molecule has 1 saturated heterocycles. The topological polar surface area (TPSA) is 87.3 Å². The molecule has 0 aromatic heterocycles.